The fraction of sp³-hybridized carbons (Fsp3) is 0.0625. The van der Waals surface area contributed by atoms with Crippen LogP contribution in [0.4, 0.5) is 11.6 Å². The van der Waals surface area contributed by atoms with Gasteiger partial charge < -0.3 is 0 Å². The summed E-state index contributed by atoms with van der Waals surface area (Å²) in [7, 11) is 0. The van der Waals surface area contributed by atoms with E-state index < -0.39 is 5.69 Å². The van der Waals surface area contributed by atoms with Gasteiger partial charge in [0.25, 0.3) is 5.95 Å². The predicted molar refractivity (Wildman–Crippen MR) is 90.1 cm³/mol. The van der Waals surface area contributed by atoms with Crippen molar-refractivity contribution in [3.8, 4) is 5.69 Å². The van der Waals surface area contributed by atoms with Crippen LogP contribution in [0.1, 0.15) is 5.82 Å². The van der Waals surface area contributed by atoms with Crippen LogP contribution in [-0.2, 0) is 0 Å². The fourth-order valence-corrected chi connectivity index (χ4v) is 2.44. The Morgan fingerprint density at radius 1 is 1.04 bits per heavy atom. The lowest BCUT2D eigenvalue weighted by Crippen LogP contribution is -2.33. The Kier molecular flexibility index (Phi) is 4.10. The van der Waals surface area contributed by atoms with Crippen LogP contribution in [0.25, 0.3) is 5.69 Å². The van der Waals surface area contributed by atoms with Gasteiger partial charge in [-0.15, -0.1) is 0 Å². The largest absolute Gasteiger partial charge is 0.356 e. The van der Waals surface area contributed by atoms with Crippen LogP contribution < -0.4 is 16.5 Å². The molecule has 0 saturated heterocycles. The Balaban J connectivity index is 2.09. The lowest BCUT2D eigenvalue weighted by atomic mass is 10.3. The van der Waals surface area contributed by atoms with Gasteiger partial charge in [-0.2, -0.15) is 9.97 Å². The first-order valence-corrected chi connectivity index (χ1v) is 7.28. The number of hydrazine groups is 1. The number of aromatic nitrogens is 3. The zero-order valence-electron chi connectivity index (χ0n) is 12.3. The first-order valence-electron chi connectivity index (χ1n) is 6.90. The summed E-state index contributed by atoms with van der Waals surface area (Å²) in [4.78, 5) is 20.7. The normalized spacial score (nSPS) is 10.6. The van der Waals surface area contributed by atoms with Crippen molar-refractivity contribution in [2.45, 2.75) is 6.92 Å². The highest BCUT2D eigenvalue weighted by molar-refractivity contribution is 6.32. The van der Waals surface area contributed by atoms with Gasteiger partial charge in [0.1, 0.15) is 5.82 Å². The van der Waals surface area contributed by atoms with E-state index in [0.29, 0.717) is 22.2 Å². The molecule has 0 aliphatic rings. The van der Waals surface area contributed by atoms with Crippen molar-refractivity contribution in [1.82, 2.24) is 14.5 Å². The Morgan fingerprint density at radius 2 is 1.70 bits per heavy atom. The molecule has 2 aromatic carbocycles. The highest BCUT2D eigenvalue weighted by atomic mass is 35.5. The van der Waals surface area contributed by atoms with Gasteiger partial charge in [-0.05, 0) is 31.2 Å². The SMILES string of the molecule is Cc1nc(N(N)c2ccccc2)nc(=O)n1-c1ccccc1Cl. The molecule has 0 atom stereocenters. The molecule has 116 valence electrons. The summed E-state index contributed by atoms with van der Waals surface area (Å²) in [6.07, 6.45) is 0. The van der Waals surface area contributed by atoms with E-state index in [4.69, 9.17) is 17.4 Å². The highest BCUT2D eigenvalue weighted by Crippen LogP contribution is 2.21. The molecule has 0 aliphatic carbocycles. The first kappa shape index (κ1) is 15.2. The minimum atomic E-state index is -0.494. The molecule has 0 radical (unpaired) electrons. The van der Waals surface area contributed by atoms with E-state index >= 15 is 0 Å². The second kappa shape index (κ2) is 6.20. The van der Waals surface area contributed by atoms with Crippen molar-refractivity contribution in [2.24, 2.45) is 5.84 Å². The maximum absolute atomic E-state index is 12.4. The van der Waals surface area contributed by atoms with Crippen molar-refractivity contribution in [3.63, 3.8) is 0 Å². The Morgan fingerprint density at radius 3 is 2.35 bits per heavy atom. The van der Waals surface area contributed by atoms with Gasteiger partial charge in [-0.3, -0.25) is 0 Å². The molecule has 7 heteroatoms. The predicted octanol–water partition coefficient (Wildman–Crippen LogP) is 2.60. The molecule has 0 fully saturated rings. The molecule has 0 spiro atoms. The van der Waals surface area contributed by atoms with Gasteiger partial charge in [0, 0.05) is 0 Å². The van der Waals surface area contributed by atoms with Gasteiger partial charge >= 0.3 is 5.69 Å². The molecule has 3 rings (SSSR count). The van der Waals surface area contributed by atoms with Gasteiger partial charge in [-0.25, -0.2) is 20.2 Å². The molecule has 0 unspecified atom stereocenters. The van der Waals surface area contributed by atoms with Crippen LogP contribution in [0, 0.1) is 6.92 Å². The highest BCUT2D eigenvalue weighted by Gasteiger charge is 2.14. The number of benzene rings is 2. The number of rotatable bonds is 3. The molecule has 1 heterocycles. The van der Waals surface area contributed by atoms with Crippen molar-refractivity contribution in [2.75, 3.05) is 5.01 Å². The average molecular weight is 328 g/mol. The summed E-state index contributed by atoms with van der Waals surface area (Å²) in [5.74, 6) is 6.58. The molecule has 0 saturated carbocycles. The molecular weight excluding hydrogens is 314 g/mol. The van der Waals surface area contributed by atoms with E-state index in [2.05, 4.69) is 9.97 Å². The Labute approximate surface area is 137 Å². The van der Waals surface area contributed by atoms with E-state index in [-0.39, 0.29) is 5.95 Å². The minimum absolute atomic E-state index is 0.127. The number of anilines is 2. The van der Waals surface area contributed by atoms with Crippen LogP contribution in [0.2, 0.25) is 5.02 Å². The summed E-state index contributed by atoms with van der Waals surface area (Å²) >= 11 is 6.15. The monoisotopic (exact) mass is 327 g/mol. The maximum Gasteiger partial charge on any atom is 0.356 e. The molecule has 3 aromatic rings. The average Bonchev–Trinajstić information content (AvgIpc) is 2.56. The summed E-state index contributed by atoms with van der Waals surface area (Å²) < 4.78 is 1.35. The molecule has 1 aromatic heterocycles. The lowest BCUT2D eigenvalue weighted by molar-refractivity contribution is 0.792. The molecule has 0 aliphatic heterocycles. The van der Waals surface area contributed by atoms with Gasteiger partial charge in [-0.1, -0.05) is 41.9 Å². The number of hydrogen-bond acceptors (Lipinski definition) is 5. The number of nitrogens with zero attached hydrogens (tertiary/aromatic N) is 4. The summed E-state index contributed by atoms with van der Waals surface area (Å²) in [5.41, 5.74) is 0.722. The summed E-state index contributed by atoms with van der Waals surface area (Å²) in [6, 6.07) is 16.2. The number of aryl methyl sites for hydroxylation is 1. The van der Waals surface area contributed by atoms with E-state index in [9.17, 15) is 4.79 Å². The van der Waals surface area contributed by atoms with Gasteiger partial charge in [0.05, 0.1) is 16.4 Å². The number of hydrogen-bond donors (Lipinski definition) is 1. The molecule has 0 bridgehead atoms. The minimum Gasteiger partial charge on any atom is -0.247 e. The maximum atomic E-state index is 12.4. The molecule has 6 nitrogen and oxygen atoms in total. The van der Waals surface area contributed by atoms with Crippen molar-refractivity contribution >= 4 is 23.2 Å². The van der Waals surface area contributed by atoms with Crippen LogP contribution >= 0.6 is 11.6 Å². The Bertz CT molecular complexity index is 894. The third kappa shape index (κ3) is 2.94. The van der Waals surface area contributed by atoms with Crippen molar-refractivity contribution in [3.05, 3.63) is 75.9 Å². The van der Waals surface area contributed by atoms with Crippen LogP contribution in [0.5, 0.6) is 0 Å². The summed E-state index contributed by atoms with van der Waals surface area (Å²) in [6.45, 7) is 1.70. The van der Waals surface area contributed by atoms with E-state index in [1.165, 1.54) is 9.58 Å². The lowest BCUT2D eigenvalue weighted by Gasteiger charge is -2.18. The van der Waals surface area contributed by atoms with Gasteiger partial charge in [0.15, 0.2) is 0 Å². The van der Waals surface area contributed by atoms with Crippen molar-refractivity contribution in [1.29, 1.82) is 0 Å². The number of para-hydroxylation sites is 2. The van der Waals surface area contributed by atoms with Crippen LogP contribution in [0.3, 0.4) is 0 Å². The smallest absolute Gasteiger partial charge is 0.247 e. The second-order valence-electron chi connectivity index (χ2n) is 4.85. The molecule has 23 heavy (non-hydrogen) atoms. The van der Waals surface area contributed by atoms with Gasteiger partial charge in [0.2, 0.25) is 0 Å². The summed E-state index contributed by atoms with van der Waals surface area (Å²) in [5, 5.41) is 1.72. The van der Waals surface area contributed by atoms with E-state index in [1.54, 1.807) is 43.3 Å². The zero-order valence-corrected chi connectivity index (χ0v) is 13.1. The van der Waals surface area contributed by atoms with Crippen LogP contribution in [-0.4, -0.2) is 14.5 Å². The standard InChI is InChI=1S/C16H14ClN5O/c1-11-19-15(22(18)12-7-3-2-4-8-12)20-16(23)21(11)14-10-6-5-9-13(14)17/h2-10H,18H2,1H3. The van der Waals surface area contributed by atoms with Crippen LogP contribution in [0.15, 0.2) is 59.4 Å². The third-order valence-electron chi connectivity index (χ3n) is 3.32. The molecule has 0 amide bonds. The van der Waals surface area contributed by atoms with E-state index in [1.807, 2.05) is 18.2 Å². The number of halogens is 1. The van der Waals surface area contributed by atoms with Crippen molar-refractivity contribution < 1.29 is 0 Å². The van der Waals surface area contributed by atoms with E-state index in [0.717, 1.165) is 0 Å². The molecule has 2 N–H and O–H groups in total. The second-order valence-corrected chi connectivity index (χ2v) is 5.25. The fourth-order valence-electron chi connectivity index (χ4n) is 2.22. The number of nitrogens with two attached hydrogens (primary N) is 1. The first-order chi connectivity index (χ1) is 11.1. The third-order valence-corrected chi connectivity index (χ3v) is 3.64. The zero-order chi connectivity index (χ0) is 16.4. The Hall–Kier alpha value is -2.70. The molecular formula is C16H14ClN5O. The quantitative estimate of drug-likeness (QED) is 0.591. The topological polar surface area (TPSA) is 77.0 Å².